The second-order valence-electron chi connectivity index (χ2n) is 10.8. The average molecular weight is 507 g/mol. The zero-order valence-electron chi connectivity index (χ0n) is 21.4. The Kier molecular flexibility index (Phi) is 7.66. The third kappa shape index (κ3) is 5.11. The van der Waals surface area contributed by atoms with Gasteiger partial charge in [0.2, 0.25) is 12.3 Å². The smallest absolute Gasteiger partial charge is 0.251 e. The highest BCUT2D eigenvalue weighted by Gasteiger charge is 2.56. The number of benzene rings is 1. The zero-order chi connectivity index (χ0) is 26.2. The number of anilines is 1. The summed E-state index contributed by atoms with van der Waals surface area (Å²) in [7, 11) is 2.09. The van der Waals surface area contributed by atoms with Crippen molar-refractivity contribution in [1.29, 1.82) is 0 Å². The molecule has 0 radical (unpaired) electrons. The second kappa shape index (κ2) is 10.4. The van der Waals surface area contributed by atoms with E-state index in [2.05, 4.69) is 22.2 Å². The number of fused-ring (bicyclic) bond motifs is 1. The van der Waals surface area contributed by atoms with Crippen LogP contribution in [0, 0.1) is 11.3 Å². The number of piperazine rings is 1. The predicted octanol–water partition coefficient (Wildman–Crippen LogP) is 2.03. The molecule has 4 atom stereocenters. The minimum absolute atomic E-state index is 0.274. The van der Waals surface area contributed by atoms with Gasteiger partial charge in [-0.1, -0.05) is 20.8 Å². The van der Waals surface area contributed by atoms with Crippen molar-refractivity contribution in [1.82, 2.24) is 15.1 Å². The van der Waals surface area contributed by atoms with Gasteiger partial charge >= 0.3 is 0 Å². The van der Waals surface area contributed by atoms with Gasteiger partial charge in [0, 0.05) is 44.0 Å². The molecule has 36 heavy (non-hydrogen) atoms. The lowest BCUT2D eigenvalue weighted by atomic mass is 9.80. The van der Waals surface area contributed by atoms with E-state index in [1.165, 1.54) is 4.90 Å². The molecule has 8 nitrogen and oxygen atoms in total. The fraction of sp³-hybridized carbons (Fsp3) is 0.654. The van der Waals surface area contributed by atoms with Crippen molar-refractivity contribution < 1.29 is 27.9 Å². The summed E-state index contributed by atoms with van der Waals surface area (Å²) in [5.41, 5.74) is 0.762. The highest BCUT2D eigenvalue weighted by atomic mass is 19.3. The number of nitrogens with zero attached hydrogens (tertiary/aromatic N) is 3. The fourth-order valence-corrected chi connectivity index (χ4v) is 5.21. The number of hydrogen-bond acceptors (Lipinski definition) is 6. The maximum absolute atomic E-state index is 13.7. The molecule has 4 rings (SSSR count). The number of likely N-dealkylation sites (N-methyl/N-ethyl adjacent to an activating group) is 1. The van der Waals surface area contributed by atoms with Crippen molar-refractivity contribution in [3.63, 3.8) is 0 Å². The van der Waals surface area contributed by atoms with E-state index in [0.717, 1.165) is 31.9 Å². The molecular formula is C26H36F2N4O4. The van der Waals surface area contributed by atoms with E-state index in [4.69, 9.17) is 4.74 Å². The van der Waals surface area contributed by atoms with Gasteiger partial charge in [0.15, 0.2) is 5.78 Å². The standard InChI is InChI=1S/C26H36F2N4O4/c1-5-26(2,3)22(25(35)32-14-18(23(27)28)21-20(32)19(33)15-36-21)29-24(34)16-6-8-17(9-7-16)31-12-10-30(4)11-13-31/h6-9,18,20-23H,5,10-15H2,1-4H3,(H,29,34)/t18-,20-,21-,22-/m1/s1. The first kappa shape index (κ1) is 26.5. The first-order valence-corrected chi connectivity index (χ1v) is 12.6. The number of likely N-dealkylation sites (tertiary alicyclic amines) is 1. The van der Waals surface area contributed by atoms with E-state index in [-0.39, 0.29) is 18.9 Å². The summed E-state index contributed by atoms with van der Waals surface area (Å²) in [6, 6.07) is 5.24. The number of ketones is 1. The molecule has 0 spiro atoms. The van der Waals surface area contributed by atoms with Crippen LogP contribution in [0.25, 0.3) is 0 Å². The van der Waals surface area contributed by atoms with Gasteiger partial charge in [0.25, 0.3) is 5.91 Å². The number of Topliss-reactive ketones (excluding diaryl/α,β-unsaturated/α-hetero) is 1. The van der Waals surface area contributed by atoms with Crippen molar-refractivity contribution in [3.05, 3.63) is 29.8 Å². The van der Waals surface area contributed by atoms with Crippen molar-refractivity contribution in [2.75, 3.05) is 51.3 Å². The van der Waals surface area contributed by atoms with E-state index < -0.39 is 47.8 Å². The van der Waals surface area contributed by atoms with Crippen molar-refractivity contribution in [3.8, 4) is 0 Å². The van der Waals surface area contributed by atoms with Crippen LogP contribution in [0.5, 0.6) is 0 Å². The van der Waals surface area contributed by atoms with Gasteiger partial charge in [-0.2, -0.15) is 0 Å². The van der Waals surface area contributed by atoms with Crippen LogP contribution in [0.4, 0.5) is 14.5 Å². The monoisotopic (exact) mass is 506 g/mol. The fourth-order valence-electron chi connectivity index (χ4n) is 5.21. The average Bonchev–Trinajstić information content (AvgIpc) is 3.43. The quantitative estimate of drug-likeness (QED) is 0.610. The van der Waals surface area contributed by atoms with E-state index in [9.17, 15) is 23.2 Å². The van der Waals surface area contributed by atoms with Crippen LogP contribution in [0.3, 0.4) is 0 Å². The van der Waals surface area contributed by atoms with Crippen LogP contribution >= 0.6 is 0 Å². The first-order valence-electron chi connectivity index (χ1n) is 12.6. The lowest BCUT2D eigenvalue weighted by Gasteiger charge is -2.37. The van der Waals surface area contributed by atoms with Gasteiger partial charge in [0.05, 0.1) is 12.0 Å². The maximum atomic E-state index is 13.7. The molecular weight excluding hydrogens is 470 g/mol. The summed E-state index contributed by atoms with van der Waals surface area (Å²) < 4.78 is 32.6. The largest absolute Gasteiger partial charge is 0.369 e. The lowest BCUT2D eigenvalue weighted by Crippen LogP contribution is -2.57. The molecule has 3 heterocycles. The Labute approximate surface area is 210 Å². The molecule has 0 saturated carbocycles. The molecule has 3 saturated heterocycles. The Morgan fingerprint density at radius 1 is 1.14 bits per heavy atom. The molecule has 3 aliphatic rings. The van der Waals surface area contributed by atoms with Crippen LogP contribution in [0.1, 0.15) is 37.6 Å². The number of carbonyl (C=O) groups is 3. The summed E-state index contributed by atoms with van der Waals surface area (Å²) in [4.78, 5) is 45.1. The minimum Gasteiger partial charge on any atom is -0.369 e. The molecule has 0 aromatic heterocycles. The minimum atomic E-state index is -2.72. The van der Waals surface area contributed by atoms with Gasteiger partial charge in [-0.3, -0.25) is 14.4 Å². The molecule has 0 bridgehead atoms. The predicted molar refractivity (Wildman–Crippen MR) is 131 cm³/mol. The van der Waals surface area contributed by atoms with Crippen molar-refractivity contribution in [2.45, 2.75) is 51.8 Å². The third-order valence-corrected chi connectivity index (χ3v) is 8.04. The van der Waals surface area contributed by atoms with Gasteiger partial charge < -0.3 is 24.8 Å². The lowest BCUT2D eigenvalue weighted by molar-refractivity contribution is -0.140. The van der Waals surface area contributed by atoms with Gasteiger partial charge in [-0.05, 0) is 43.1 Å². The molecule has 1 N–H and O–H groups in total. The summed E-state index contributed by atoms with van der Waals surface area (Å²) in [5, 5.41) is 2.85. The topological polar surface area (TPSA) is 82.2 Å². The number of alkyl halides is 2. The summed E-state index contributed by atoms with van der Waals surface area (Å²) in [6.45, 7) is 8.78. The van der Waals surface area contributed by atoms with E-state index in [1.54, 1.807) is 12.1 Å². The van der Waals surface area contributed by atoms with Crippen LogP contribution in [-0.2, 0) is 14.3 Å². The normalized spacial score (nSPS) is 25.9. The highest BCUT2D eigenvalue weighted by molar-refractivity contribution is 5.99. The number of nitrogens with one attached hydrogen (secondary N) is 1. The summed E-state index contributed by atoms with van der Waals surface area (Å²) in [5.74, 6) is -2.56. The maximum Gasteiger partial charge on any atom is 0.251 e. The van der Waals surface area contributed by atoms with Gasteiger partial charge in [0.1, 0.15) is 18.7 Å². The van der Waals surface area contributed by atoms with Crippen LogP contribution in [0.15, 0.2) is 24.3 Å². The number of halogens is 2. The molecule has 198 valence electrons. The van der Waals surface area contributed by atoms with Gasteiger partial charge in [-0.15, -0.1) is 0 Å². The van der Waals surface area contributed by atoms with E-state index in [1.807, 2.05) is 32.9 Å². The first-order chi connectivity index (χ1) is 17.0. The number of amides is 2. The Hall–Kier alpha value is -2.59. The number of hydrogen-bond donors (Lipinski definition) is 1. The molecule has 2 amide bonds. The highest BCUT2D eigenvalue weighted by Crippen LogP contribution is 2.37. The Bertz CT molecular complexity index is 979. The summed E-state index contributed by atoms with van der Waals surface area (Å²) in [6.07, 6.45) is -3.17. The number of rotatable bonds is 7. The van der Waals surface area contributed by atoms with Crippen LogP contribution in [0.2, 0.25) is 0 Å². The molecule has 3 aliphatic heterocycles. The molecule has 0 unspecified atom stereocenters. The molecule has 1 aromatic rings. The molecule has 10 heteroatoms. The van der Waals surface area contributed by atoms with Crippen LogP contribution < -0.4 is 10.2 Å². The van der Waals surface area contributed by atoms with Crippen molar-refractivity contribution in [2.24, 2.45) is 11.3 Å². The zero-order valence-corrected chi connectivity index (χ0v) is 21.4. The Morgan fingerprint density at radius 2 is 1.78 bits per heavy atom. The molecule has 0 aliphatic carbocycles. The van der Waals surface area contributed by atoms with E-state index in [0.29, 0.717) is 12.0 Å². The number of ether oxygens (including phenoxy) is 1. The number of carbonyl (C=O) groups excluding carboxylic acids is 3. The summed E-state index contributed by atoms with van der Waals surface area (Å²) >= 11 is 0. The second-order valence-corrected chi connectivity index (χ2v) is 10.8. The van der Waals surface area contributed by atoms with E-state index >= 15 is 0 Å². The molecule has 3 fully saturated rings. The van der Waals surface area contributed by atoms with Gasteiger partial charge in [-0.25, -0.2) is 8.78 Å². The van der Waals surface area contributed by atoms with Crippen molar-refractivity contribution >= 4 is 23.3 Å². The van der Waals surface area contributed by atoms with Crippen LogP contribution in [-0.4, -0.2) is 98.4 Å². The Morgan fingerprint density at radius 3 is 2.36 bits per heavy atom. The molecule has 1 aromatic carbocycles. The SMILES string of the molecule is CCC(C)(C)[C@H](NC(=O)c1ccc(N2CCN(C)CC2)cc1)C(=O)N1C[C@@H](C(F)F)[C@H]2OCC(=O)[C@H]21. The Balaban J connectivity index is 1.51. The third-order valence-electron chi connectivity index (χ3n) is 8.04.